The summed E-state index contributed by atoms with van der Waals surface area (Å²) in [7, 11) is 1.94. The van der Waals surface area contributed by atoms with Crippen LogP contribution in [0.1, 0.15) is 18.1 Å². The average molecular weight is 263 g/mol. The van der Waals surface area contributed by atoms with Crippen molar-refractivity contribution >= 4 is 5.97 Å². The van der Waals surface area contributed by atoms with Gasteiger partial charge in [0.1, 0.15) is 11.9 Å². The first kappa shape index (κ1) is 13.9. The van der Waals surface area contributed by atoms with Crippen molar-refractivity contribution in [3.05, 3.63) is 29.3 Å². The molecule has 0 aromatic heterocycles. The number of carboxylic acids is 1. The molecule has 4 heteroatoms. The number of benzene rings is 1. The fourth-order valence-corrected chi connectivity index (χ4v) is 2.52. The Bertz CT molecular complexity index is 472. The van der Waals surface area contributed by atoms with Gasteiger partial charge in [-0.1, -0.05) is 24.6 Å². The fraction of sp³-hybridized carbons (Fsp3) is 0.533. The quantitative estimate of drug-likeness (QED) is 0.882. The van der Waals surface area contributed by atoms with Crippen molar-refractivity contribution in [1.29, 1.82) is 0 Å². The molecule has 1 aliphatic rings. The Morgan fingerprint density at radius 2 is 2.32 bits per heavy atom. The molecule has 0 fully saturated rings. The zero-order valence-corrected chi connectivity index (χ0v) is 11.7. The summed E-state index contributed by atoms with van der Waals surface area (Å²) in [4.78, 5) is 12.9. The predicted molar refractivity (Wildman–Crippen MR) is 73.6 cm³/mol. The Kier molecular flexibility index (Phi) is 4.10. The summed E-state index contributed by atoms with van der Waals surface area (Å²) >= 11 is 0. The third kappa shape index (κ3) is 3.47. The molecule has 0 aliphatic carbocycles. The van der Waals surface area contributed by atoms with Crippen molar-refractivity contribution in [3.8, 4) is 5.75 Å². The Hall–Kier alpha value is -1.55. The Balaban J connectivity index is 1.88. The van der Waals surface area contributed by atoms with Crippen molar-refractivity contribution < 1.29 is 14.6 Å². The molecule has 4 nitrogen and oxygen atoms in total. The van der Waals surface area contributed by atoms with E-state index in [1.165, 1.54) is 11.1 Å². The molecule has 0 saturated carbocycles. The van der Waals surface area contributed by atoms with Crippen molar-refractivity contribution in [2.24, 2.45) is 5.92 Å². The van der Waals surface area contributed by atoms with Crippen LogP contribution in [0.15, 0.2) is 18.2 Å². The molecular formula is C15H21NO3. The molecule has 1 aromatic rings. The topological polar surface area (TPSA) is 49.8 Å². The van der Waals surface area contributed by atoms with Gasteiger partial charge in [-0.25, -0.2) is 0 Å². The number of ether oxygens (including phenoxy) is 1. The molecule has 104 valence electrons. The third-order valence-electron chi connectivity index (χ3n) is 3.48. The molecule has 2 rings (SSSR count). The van der Waals surface area contributed by atoms with Crippen molar-refractivity contribution in [2.45, 2.75) is 26.4 Å². The first-order valence-electron chi connectivity index (χ1n) is 6.63. The molecule has 1 N–H and O–H groups in total. The van der Waals surface area contributed by atoms with Crippen LogP contribution in [0.4, 0.5) is 0 Å². The van der Waals surface area contributed by atoms with Gasteiger partial charge in [0.25, 0.3) is 0 Å². The van der Waals surface area contributed by atoms with Gasteiger partial charge < -0.3 is 14.7 Å². The zero-order valence-electron chi connectivity index (χ0n) is 11.7. The SMILES string of the molecule is Cc1ccc2c(c1)CC(CN(C)CC(C)C(=O)O)O2. The lowest BCUT2D eigenvalue weighted by atomic mass is 10.1. The van der Waals surface area contributed by atoms with Crippen LogP contribution in [0, 0.1) is 12.8 Å². The van der Waals surface area contributed by atoms with E-state index in [9.17, 15) is 4.79 Å². The standard InChI is InChI=1S/C15H21NO3/c1-10-4-5-14-12(6-10)7-13(19-14)9-16(3)8-11(2)15(17)18/h4-6,11,13H,7-9H2,1-3H3,(H,17,18). The highest BCUT2D eigenvalue weighted by molar-refractivity contribution is 5.69. The van der Waals surface area contributed by atoms with Crippen LogP contribution in [-0.2, 0) is 11.2 Å². The lowest BCUT2D eigenvalue weighted by Crippen LogP contribution is -2.36. The number of aryl methyl sites for hydroxylation is 1. The van der Waals surface area contributed by atoms with E-state index in [1.54, 1.807) is 6.92 Å². The van der Waals surface area contributed by atoms with Crippen molar-refractivity contribution in [3.63, 3.8) is 0 Å². The minimum Gasteiger partial charge on any atom is -0.488 e. The fourth-order valence-electron chi connectivity index (χ4n) is 2.52. The van der Waals surface area contributed by atoms with E-state index in [-0.39, 0.29) is 12.0 Å². The largest absolute Gasteiger partial charge is 0.488 e. The first-order chi connectivity index (χ1) is 8.95. The Morgan fingerprint density at radius 3 is 3.00 bits per heavy atom. The number of hydrogen-bond donors (Lipinski definition) is 1. The van der Waals surface area contributed by atoms with E-state index in [0.29, 0.717) is 6.54 Å². The summed E-state index contributed by atoms with van der Waals surface area (Å²) in [6, 6.07) is 6.23. The van der Waals surface area contributed by atoms with Crippen LogP contribution < -0.4 is 4.74 Å². The van der Waals surface area contributed by atoms with E-state index < -0.39 is 5.97 Å². The van der Waals surface area contributed by atoms with Gasteiger partial charge in [-0.2, -0.15) is 0 Å². The number of carboxylic acid groups (broad SMARTS) is 1. The maximum Gasteiger partial charge on any atom is 0.307 e. The summed E-state index contributed by atoms with van der Waals surface area (Å²) in [6.07, 6.45) is 1.03. The van der Waals surface area contributed by atoms with Gasteiger partial charge in [0.15, 0.2) is 0 Å². The van der Waals surface area contributed by atoms with Gasteiger partial charge in [0, 0.05) is 19.5 Å². The van der Waals surface area contributed by atoms with Gasteiger partial charge in [0.05, 0.1) is 5.92 Å². The van der Waals surface area contributed by atoms with Crippen LogP contribution >= 0.6 is 0 Å². The molecule has 2 unspecified atom stereocenters. The van der Waals surface area contributed by atoms with Gasteiger partial charge in [-0.15, -0.1) is 0 Å². The van der Waals surface area contributed by atoms with Gasteiger partial charge in [0.2, 0.25) is 0 Å². The van der Waals surface area contributed by atoms with Crippen molar-refractivity contribution in [1.82, 2.24) is 4.90 Å². The third-order valence-corrected chi connectivity index (χ3v) is 3.48. The molecule has 0 spiro atoms. The first-order valence-corrected chi connectivity index (χ1v) is 6.63. The number of likely N-dealkylation sites (N-methyl/N-ethyl adjacent to an activating group) is 1. The second-order valence-corrected chi connectivity index (χ2v) is 5.52. The minimum atomic E-state index is -0.752. The van der Waals surface area contributed by atoms with E-state index in [4.69, 9.17) is 9.84 Å². The highest BCUT2D eigenvalue weighted by atomic mass is 16.5. The Labute approximate surface area is 114 Å². The number of aliphatic carboxylic acids is 1. The smallest absolute Gasteiger partial charge is 0.307 e. The van der Waals surface area contributed by atoms with Gasteiger partial charge in [-0.05, 0) is 25.6 Å². The molecule has 1 aliphatic heterocycles. The van der Waals surface area contributed by atoms with Crippen LogP contribution in [0.2, 0.25) is 0 Å². The van der Waals surface area contributed by atoms with Gasteiger partial charge in [-0.3, -0.25) is 4.79 Å². The molecule has 0 radical (unpaired) electrons. The number of carbonyl (C=O) groups is 1. The summed E-state index contributed by atoms with van der Waals surface area (Å²) in [5.74, 6) is -0.135. The number of fused-ring (bicyclic) bond motifs is 1. The lowest BCUT2D eigenvalue weighted by Gasteiger charge is -2.22. The number of rotatable bonds is 5. The summed E-state index contributed by atoms with van der Waals surface area (Å²) in [5, 5.41) is 8.91. The molecule has 2 atom stereocenters. The Morgan fingerprint density at radius 1 is 1.58 bits per heavy atom. The number of nitrogens with zero attached hydrogens (tertiary/aromatic N) is 1. The van der Waals surface area contributed by atoms with Crippen LogP contribution in [0.25, 0.3) is 0 Å². The minimum absolute atomic E-state index is 0.128. The molecule has 1 heterocycles. The van der Waals surface area contributed by atoms with Crippen molar-refractivity contribution in [2.75, 3.05) is 20.1 Å². The maximum atomic E-state index is 10.8. The highest BCUT2D eigenvalue weighted by Crippen LogP contribution is 2.29. The monoisotopic (exact) mass is 263 g/mol. The normalized spacial score (nSPS) is 19.1. The molecular weight excluding hydrogens is 242 g/mol. The molecule has 19 heavy (non-hydrogen) atoms. The highest BCUT2D eigenvalue weighted by Gasteiger charge is 2.25. The van der Waals surface area contributed by atoms with Crippen LogP contribution in [0.3, 0.4) is 0 Å². The van der Waals surface area contributed by atoms with E-state index in [0.717, 1.165) is 18.7 Å². The van der Waals surface area contributed by atoms with Crippen LogP contribution in [-0.4, -0.2) is 42.2 Å². The average Bonchev–Trinajstić information content (AvgIpc) is 2.69. The summed E-state index contributed by atoms with van der Waals surface area (Å²) in [6.45, 7) is 5.11. The predicted octanol–water partition coefficient (Wildman–Crippen LogP) is 1.95. The summed E-state index contributed by atoms with van der Waals surface area (Å²) < 4.78 is 5.89. The molecule has 1 aromatic carbocycles. The van der Waals surface area contributed by atoms with Crippen LogP contribution in [0.5, 0.6) is 5.75 Å². The molecule has 0 saturated heterocycles. The second kappa shape index (κ2) is 5.61. The zero-order chi connectivity index (χ0) is 14.0. The van der Waals surface area contributed by atoms with Gasteiger partial charge >= 0.3 is 5.97 Å². The van der Waals surface area contributed by atoms with E-state index >= 15 is 0 Å². The van der Waals surface area contributed by atoms with E-state index in [2.05, 4.69) is 19.1 Å². The lowest BCUT2D eigenvalue weighted by molar-refractivity contribution is -0.141. The number of hydrogen-bond acceptors (Lipinski definition) is 3. The van der Waals surface area contributed by atoms with E-state index in [1.807, 2.05) is 18.0 Å². The second-order valence-electron chi connectivity index (χ2n) is 5.52. The molecule has 0 amide bonds. The summed E-state index contributed by atoms with van der Waals surface area (Å²) in [5.41, 5.74) is 2.50. The maximum absolute atomic E-state index is 10.8. The molecule has 0 bridgehead atoms.